The molecule has 0 fully saturated rings. The lowest BCUT2D eigenvalue weighted by atomic mass is 10.1. The van der Waals surface area contributed by atoms with Crippen molar-refractivity contribution in [3.63, 3.8) is 0 Å². The summed E-state index contributed by atoms with van der Waals surface area (Å²) in [6.07, 6.45) is 0. The Morgan fingerprint density at radius 3 is 2.42 bits per heavy atom. The lowest BCUT2D eigenvalue weighted by Gasteiger charge is -2.10. The van der Waals surface area contributed by atoms with Crippen molar-refractivity contribution in [1.82, 2.24) is 4.72 Å². The maximum Gasteiger partial charge on any atom is 0.241 e. The molecule has 1 atom stereocenters. The van der Waals surface area contributed by atoms with Crippen LogP contribution < -0.4 is 4.72 Å². The number of sulfonamides is 1. The first-order valence-electron chi connectivity index (χ1n) is 5.60. The zero-order valence-electron chi connectivity index (χ0n) is 10.1. The number of halogens is 1. The standard InChI is InChI=1S/C13H12ClNO3S/c1-9(13(14)16)15-19(17,18)12-7-6-10-4-2-3-5-11(10)8-12/h2-9,15H,1H3. The third-order valence-corrected chi connectivity index (χ3v) is 4.57. The molecule has 0 radical (unpaired) electrons. The number of hydrogen-bond donors (Lipinski definition) is 1. The van der Waals surface area contributed by atoms with Gasteiger partial charge in [0.2, 0.25) is 15.3 Å². The van der Waals surface area contributed by atoms with Crippen LogP contribution in [0.4, 0.5) is 0 Å². The third-order valence-electron chi connectivity index (χ3n) is 2.70. The van der Waals surface area contributed by atoms with Crippen molar-refractivity contribution in [2.75, 3.05) is 0 Å². The molecule has 0 aliphatic carbocycles. The summed E-state index contributed by atoms with van der Waals surface area (Å²) < 4.78 is 26.4. The lowest BCUT2D eigenvalue weighted by molar-refractivity contribution is -0.112. The van der Waals surface area contributed by atoms with Crippen molar-refractivity contribution >= 4 is 37.6 Å². The zero-order chi connectivity index (χ0) is 14.0. The lowest BCUT2D eigenvalue weighted by Crippen LogP contribution is -2.36. The molecule has 0 amide bonds. The van der Waals surface area contributed by atoms with Gasteiger partial charge in [-0.3, -0.25) is 4.79 Å². The second kappa shape index (κ2) is 5.28. The van der Waals surface area contributed by atoms with Crippen LogP contribution in [0.15, 0.2) is 47.4 Å². The van der Waals surface area contributed by atoms with Crippen LogP contribution in [0.25, 0.3) is 10.8 Å². The van der Waals surface area contributed by atoms with E-state index in [0.717, 1.165) is 10.8 Å². The van der Waals surface area contributed by atoms with E-state index in [1.165, 1.54) is 13.0 Å². The highest BCUT2D eigenvalue weighted by Gasteiger charge is 2.20. The fraction of sp³-hybridized carbons (Fsp3) is 0.154. The quantitative estimate of drug-likeness (QED) is 0.881. The van der Waals surface area contributed by atoms with Gasteiger partial charge >= 0.3 is 0 Å². The van der Waals surface area contributed by atoms with Gasteiger partial charge in [-0.1, -0.05) is 30.3 Å². The molecular formula is C13H12ClNO3S. The molecule has 0 aromatic heterocycles. The van der Waals surface area contributed by atoms with Crippen molar-refractivity contribution in [2.45, 2.75) is 17.9 Å². The van der Waals surface area contributed by atoms with Crippen molar-refractivity contribution in [1.29, 1.82) is 0 Å². The first-order valence-corrected chi connectivity index (χ1v) is 7.47. The van der Waals surface area contributed by atoms with E-state index in [1.54, 1.807) is 12.1 Å². The summed E-state index contributed by atoms with van der Waals surface area (Å²) in [7, 11) is -3.75. The molecule has 0 saturated heterocycles. The fourth-order valence-corrected chi connectivity index (χ4v) is 3.04. The highest BCUT2D eigenvalue weighted by atomic mass is 35.5. The number of carbonyl (C=O) groups is 1. The van der Waals surface area contributed by atoms with Gasteiger partial charge < -0.3 is 0 Å². The molecule has 0 aliphatic heterocycles. The van der Waals surface area contributed by atoms with E-state index >= 15 is 0 Å². The molecule has 19 heavy (non-hydrogen) atoms. The molecule has 4 nitrogen and oxygen atoms in total. The highest BCUT2D eigenvalue weighted by Crippen LogP contribution is 2.19. The van der Waals surface area contributed by atoms with Crippen molar-refractivity contribution in [3.05, 3.63) is 42.5 Å². The van der Waals surface area contributed by atoms with Crippen LogP contribution in [0.3, 0.4) is 0 Å². The summed E-state index contributed by atoms with van der Waals surface area (Å²) in [4.78, 5) is 11.0. The predicted molar refractivity (Wildman–Crippen MR) is 74.6 cm³/mol. The molecule has 0 spiro atoms. The second-order valence-electron chi connectivity index (χ2n) is 4.16. The van der Waals surface area contributed by atoms with E-state index in [2.05, 4.69) is 4.72 Å². The number of nitrogens with one attached hydrogen (secondary N) is 1. The number of hydrogen-bond acceptors (Lipinski definition) is 3. The van der Waals surface area contributed by atoms with Crippen LogP contribution in [0.2, 0.25) is 0 Å². The van der Waals surface area contributed by atoms with E-state index in [1.807, 2.05) is 24.3 Å². The van der Waals surface area contributed by atoms with E-state index in [9.17, 15) is 13.2 Å². The van der Waals surface area contributed by atoms with E-state index < -0.39 is 21.3 Å². The van der Waals surface area contributed by atoms with Crippen molar-refractivity contribution < 1.29 is 13.2 Å². The Bertz CT molecular complexity index is 728. The average Bonchev–Trinajstić information content (AvgIpc) is 2.37. The van der Waals surface area contributed by atoms with Gasteiger partial charge in [-0.05, 0) is 41.4 Å². The van der Waals surface area contributed by atoms with Gasteiger partial charge in [0, 0.05) is 0 Å². The monoisotopic (exact) mass is 297 g/mol. The second-order valence-corrected chi connectivity index (χ2v) is 6.24. The summed E-state index contributed by atoms with van der Waals surface area (Å²) >= 11 is 5.25. The summed E-state index contributed by atoms with van der Waals surface area (Å²) in [5.41, 5.74) is 0. The maximum absolute atomic E-state index is 12.1. The van der Waals surface area contributed by atoms with Gasteiger partial charge in [-0.2, -0.15) is 4.72 Å². The minimum atomic E-state index is -3.75. The number of rotatable bonds is 4. The molecule has 0 heterocycles. The number of benzene rings is 2. The Labute approximate surface area is 116 Å². The topological polar surface area (TPSA) is 63.2 Å². The zero-order valence-corrected chi connectivity index (χ0v) is 11.7. The van der Waals surface area contributed by atoms with Crippen LogP contribution in [0.5, 0.6) is 0 Å². The van der Waals surface area contributed by atoms with Gasteiger partial charge in [0.15, 0.2) is 0 Å². The van der Waals surface area contributed by atoms with Crippen LogP contribution in [0, 0.1) is 0 Å². The van der Waals surface area contributed by atoms with Crippen LogP contribution in [0.1, 0.15) is 6.92 Å². The van der Waals surface area contributed by atoms with Crippen molar-refractivity contribution in [2.24, 2.45) is 0 Å². The van der Waals surface area contributed by atoms with E-state index in [-0.39, 0.29) is 4.90 Å². The summed E-state index contributed by atoms with van der Waals surface area (Å²) in [5, 5.41) is 1.02. The molecule has 6 heteroatoms. The minimum absolute atomic E-state index is 0.107. The molecule has 100 valence electrons. The molecule has 2 rings (SSSR count). The van der Waals surface area contributed by atoms with Gasteiger partial charge in [0.25, 0.3) is 0 Å². The highest BCUT2D eigenvalue weighted by molar-refractivity contribution is 7.89. The Kier molecular flexibility index (Phi) is 3.89. The van der Waals surface area contributed by atoms with E-state index in [4.69, 9.17) is 11.6 Å². The van der Waals surface area contributed by atoms with Crippen LogP contribution >= 0.6 is 11.6 Å². The SMILES string of the molecule is CC(NS(=O)(=O)c1ccc2ccccc2c1)C(=O)Cl. The molecular weight excluding hydrogens is 286 g/mol. The summed E-state index contributed by atoms with van der Waals surface area (Å²) in [6.45, 7) is 1.40. The number of carbonyl (C=O) groups excluding carboxylic acids is 1. The average molecular weight is 298 g/mol. The largest absolute Gasteiger partial charge is 0.279 e. The predicted octanol–water partition coefficient (Wildman–Crippen LogP) is 2.27. The summed E-state index contributed by atoms with van der Waals surface area (Å²) in [5.74, 6) is 0. The molecule has 0 saturated carbocycles. The summed E-state index contributed by atoms with van der Waals surface area (Å²) in [6, 6.07) is 11.2. The van der Waals surface area contributed by atoms with Gasteiger partial charge in [0.1, 0.15) is 0 Å². The van der Waals surface area contributed by atoms with Crippen molar-refractivity contribution in [3.8, 4) is 0 Å². The van der Waals surface area contributed by atoms with Crippen LogP contribution in [-0.4, -0.2) is 19.7 Å². The Balaban J connectivity index is 2.40. The fourth-order valence-electron chi connectivity index (χ4n) is 1.68. The molecule has 0 bridgehead atoms. The third kappa shape index (κ3) is 3.12. The molecule has 1 unspecified atom stereocenters. The molecule has 2 aromatic carbocycles. The van der Waals surface area contributed by atoms with E-state index in [0.29, 0.717) is 0 Å². The first kappa shape index (κ1) is 14.0. The molecule has 0 aliphatic rings. The minimum Gasteiger partial charge on any atom is -0.279 e. The first-order chi connectivity index (χ1) is 8.90. The van der Waals surface area contributed by atoms with Crippen LogP contribution in [-0.2, 0) is 14.8 Å². The molecule has 1 N–H and O–H groups in total. The molecule has 2 aromatic rings. The Morgan fingerprint density at radius 2 is 1.79 bits per heavy atom. The number of fused-ring (bicyclic) bond motifs is 1. The van der Waals surface area contributed by atoms with Gasteiger partial charge in [-0.25, -0.2) is 8.42 Å². The Morgan fingerprint density at radius 1 is 1.16 bits per heavy atom. The van der Waals surface area contributed by atoms with Gasteiger partial charge in [0.05, 0.1) is 10.9 Å². The Hall–Kier alpha value is -1.43. The van der Waals surface area contributed by atoms with Gasteiger partial charge in [-0.15, -0.1) is 0 Å². The smallest absolute Gasteiger partial charge is 0.241 e. The normalized spacial score (nSPS) is 13.4. The maximum atomic E-state index is 12.1.